The van der Waals surface area contributed by atoms with E-state index < -0.39 is 23.9 Å². The van der Waals surface area contributed by atoms with E-state index in [0.29, 0.717) is 77.1 Å². The van der Waals surface area contributed by atoms with Crippen LogP contribution >= 0.6 is 0 Å². The molecule has 0 spiro atoms. The molecule has 0 radical (unpaired) electrons. The highest BCUT2D eigenvalue weighted by atomic mass is 16.5. The maximum Gasteiger partial charge on any atom is 0.260 e. The summed E-state index contributed by atoms with van der Waals surface area (Å²) in [5.74, 6) is 0.591. The molecule has 0 aromatic heterocycles. The van der Waals surface area contributed by atoms with Gasteiger partial charge in [0, 0.05) is 74.9 Å². The van der Waals surface area contributed by atoms with Gasteiger partial charge in [-0.3, -0.25) is 34.0 Å². The lowest BCUT2D eigenvalue weighted by molar-refractivity contribution is -0.132. The van der Waals surface area contributed by atoms with Crippen molar-refractivity contribution in [2.24, 2.45) is 15.9 Å². The van der Waals surface area contributed by atoms with E-state index >= 15 is 0 Å². The van der Waals surface area contributed by atoms with Gasteiger partial charge in [0.1, 0.15) is 17.8 Å². The van der Waals surface area contributed by atoms with E-state index in [1.54, 1.807) is 72.7 Å². The van der Waals surface area contributed by atoms with Gasteiger partial charge in [-0.25, -0.2) is 0 Å². The predicted octanol–water partition coefficient (Wildman–Crippen LogP) is 7.51. The minimum absolute atomic E-state index is 0.128. The normalized spacial score (nSPS) is 17.2. The molecular formula is C55H61N7O11. The standard InChI is InChI=1S/C55H61N7O11/c1-8-71-21-18-50(63)60-51(32(2)3)53(65)58-33(4)52(64)59-38-14-10-34(11-15-38)36-22-39-28-56-44-26-48(46(69-6)24-42(44)54(66)61(39)30-36)72-19-9-20-73-49-27-45-43(25-47(49)70-7)55(67)62-31-37(23-40(62)29-57-45)35-12-16-41(68-5)17-13-35/h10-17,24-33,39-40,51H,8-9,18-23H2,1-7H3,(H,58,65)(H,59,64)(H,60,63)/t33-,39-,40-,51-/m0/s1. The van der Waals surface area contributed by atoms with Crippen molar-refractivity contribution in [2.45, 2.75) is 77.5 Å². The molecule has 4 atom stereocenters. The fraction of sp³-hybridized carbons (Fsp3) is 0.364. The molecule has 18 heteroatoms. The average Bonchev–Trinajstić information content (AvgIpc) is 3.98. The van der Waals surface area contributed by atoms with E-state index in [2.05, 4.69) is 16.0 Å². The SMILES string of the molecule is CCOCCC(=O)N[C@H](C(=O)N[C@@H](C)C(=O)Nc1ccc(C2=CN3C(=O)c4cc(OC)c(OCCCOc5cc6c(cc5OC)C(=O)N5C=C(c7ccc(OC)cc7)C[C@H]5C=N6)cc4N=C[C@@H]3C2)cc1)C(C)C. The number of hydrogen-bond acceptors (Lipinski definition) is 13. The second-order valence-electron chi connectivity index (χ2n) is 18.2. The minimum Gasteiger partial charge on any atom is -0.497 e. The lowest BCUT2D eigenvalue weighted by atomic mass is 10.0. The quantitative estimate of drug-likeness (QED) is 0.0696. The summed E-state index contributed by atoms with van der Waals surface area (Å²) in [4.78, 5) is 79.3. The van der Waals surface area contributed by atoms with Crippen LogP contribution in [0.5, 0.6) is 28.7 Å². The Hall–Kier alpha value is -7.99. The largest absolute Gasteiger partial charge is 0.497 e. The van der Waals surface area contributed by atoms with Crippen molar-refractivity contribution in [1.82, 2.24) is 20.4 Å². The Balaban J connectivity index is 0.838. The fourth-order valence-electron chi connectivity index (χ4n) is 8.85. The van der Waals surface area contributed by atoms with E-state index in [4.69, 9.17) is 38.4 Å². The summed E-state index contributed by atoms with van der Waals surface area (Å²) in [7, 11) is 4.66. The van der Waals surface area contributed by atoms with Gasteiger partial charge in [-0.15, -0.1) is 0 Å². The smallest absolute Gasteiger partial charge is 0.260 e. The summed E-state index contributed by atoms with van der Waals surface area (Å²) in [5, 5.41) is 8.29. The van der Waals surface area contributed by atoms with Gasteiger partial charge in [0.25, 0.3) is 11.8 Å². The second-order valence-corrected chi connectivity index (χ2v) is 18.2. The van der Waals surface area contributed by atoms with Crippen molar-refractivity contribution < 1.29 is 52.4 Å². The first-order chi connectivity index (χ1) is 35.3. The monoisotopic (exact) mass is 995 g/mol. The average molecular weight is 996 g/mol. The molecule has 0 aliphatic carbocycles. The number of carbonyl (C=O) groups excluding carboxylic acids is 5. The van der Waals surface area contributed by atoms with Crippen molar-refractivity contribution in [3.63, 3.8) is 0 Å². The molecule has 8 rings (SSSR count). The number of hydrogen-bond donors (Lipinski definition) is 3. The fourth-order valence-corrected chi connectivity index (χ4v) is 8.85. The molecule has 4 heterocycles. The number of anilines is 1. The molecule has 3 N–H and O–H groups in total. The molecule has 18 nitrogen and oxygen atoms in total. The summed E-state index contributed by atoms with van der Waals surface area (Å²) < 4.78 is 34.2. The maximum absolute atomic E-state index is 14.1. The Kier molecular flexibility index (Phi) is 16.2. The van der Waals surface area contributed by atoms with Crippen LogP contribution in [0.3, 0.4) is 0 Å². The first kappa shape index (κ1) is 51.4. The third-order valence-corrected chi connectivity index (χ3v) is 12.9. The first-order valence-electron chi connectivity index (χ1n) is 24.4. The van der Waals surface area contributed by atoms with Gasteiger partial charge in [-0.2, -0.15) is 0 Å². The van der Waals surface area contributed by atoms with Crippen LogP contribution in [0.25, 0.3) is 11.1 Å². The number of nitrogens with zero attached hydrogens (tertiary/aromatic N) is 4. The number of benzene rings is 4. The van der Waals surface area contributed by atoms with Gasteiger partial charge in [-0.1, -0.05) is 38.1 Å². The van der Waals surface area contributed by atoms with Gasteiger partial charge in [0.15, 0.2) is 23.0 Å². The summed E-state index contributed by atoms with van der Waals surface area (Å²) >= 11 is 0. The maximum atomic E-state index is 14.1. The van der Waals surface area contributed by atoms with E-state index in [1.165, 1.54) is 14.2 Å². The zero-order valence-electron chi connectivity index (χ0n) is 42.1. The van der Waals surface area contributed by atoms with Crippen LogP contribution < -0.4 is 39.6 Å². The number of carbonyl (C=O) groups is 5. The molecule has 5 amide bonds. The molecule has 73 heavy (non-hydrogen) atoms. The van der Waals surface area contributed by atoms with Crippen molar-refractivity contribution >= 4 is 70.2 Å². The lowest BCUT2D eigenvalue weighted by Crippen LogP contribution is -2.53. The highest BCUT2D eigenvalue weighted by Crippen LogP contribution is 2.42. The zero-order chi connectivity index (χ0) is 51.8. The molecule has 4 aromatic carbocycles. The van der Waals surface area contributed by atoms with Crippen molar-refractivity contribution in [3.8, 4) is 28.7 Å². The Morgan fingerprint density at radius 1 is 0.658 bits per heavy atom. The molecule has 0 bridgehead atoms. The Morgan fingerprint density at radius 3 is 1.66 bits per heavy atom. The van der Waals surface area contributed by atoms with Crippen molar-refractivity contribution in [1.29, 1.82) is 0 Å². The van der Waals surface area contributed by atoms with Crippen molar-refractivity contribution in [3.05, 3.63) is 107 Å². The number of amides is 5. The van der Waals surface area contributed by atoms with Crippen LogP contribution in [0, 0.1) is 5.92 Å². The van der Waals surface area contributed by atoms with Gasteiger partial charge in [0.05, 0.1) is 75.7 Å². The molecule has 0 saturated heterocycles. The summed E-state index contributed by atoms with van der Waals surface area (Å²) in [5.41, 5.74) is 6.05. The molecule has 4 aliphatic heterocycles. The summed E-state index contributed by atoms with van der Waals surface area (Å²) in [6.07, 6.45) is 9.00. The van der Waals surface area contributed by atoms with Gasteiger partial charge in [0.2, 0.25) is 17.7 Å². The molecule has 4 aromatic rings. The van der Waals surface area contributed by atoms with E-state index in [0.717, 1.165) is 28.0 Å². The topological polar surface area (TPSA) is 208 Å². The number of ether oxygens (including phenoxy) is 6. The van der Waals surface area contributed by atoms with Gasteiger partial charge < -0.3 is 54.2 Å². The summed E-state index contributed by atoms with van der Waals surface area (Å²) in [6.45, 7) is 8.32. The number of fused-ring (bicyclic) bond motifs is 4. The molecular weight excluding hydrogens is 935 g/mol. The second kappa shape index (κ2) is 23.0. The van der Waals surface area contributed by atoms with Crippen LogP contribution in [-0.4, -0.2) is 124 Å². The first-order valence-corrected chi connectivity index (χ1v) is 24.4. The van der Waals surface area contributed by atoms with E-state index in [9.17, 15) is 24.0 Å². The van der Waals surface area contributed by atoms with Gasteiger partial charge >= 0.3 is 0 Å². The third-order valence-electron chi connectivity index (χ3n) is 12.9. The molecule has 382 valence electrons. The van der Waals surface area contributed by atoms with E-state index in [-0.39, 0.29) is 62.0 Å². The number of methoxy groups -OCH3 is 3. The van der Waals surface area contributed by atoms with Crippen LogP contribution in [0.1, 0.15) is 85.2 Å². The molecule has 4 aliphatic rings. The van der Waals surface area contributed by atoms with Crippen molar-refractivity contribution in [2.75, 3.05) is 53.1 Å². The minimum atomic E-state index is -0.881. The molecule has 0 unspecified atom stereocenters. The highest BCUT2D eigenvalue weighted by molar-refractivity contribution is 6.07. The summed E-state index contributed by atoms with van der Waals surface area (Å²) in [6, 6.07) is 19.5. The molecule has 0 saturated carbocycles. The van der Waals surface area contributed by atoms with E-state index in [1.807, 2.05) is 69.6 Å². The lowest BCUT2D eigenvalue weighted by Gasteiger charge is -2.24. The number of aliphatic imine (C=N–C) groups is 2. The Labute approximate surface area is 424 Å². The zero-order valence-corrected chi connectivity index (χ0v) is 42.1. The Bertz CT molecular complexity index is 2860. The molecule has 0 fully saturated rings. The van der Waals surface area contributed by atoms with Crippen LogP contribution in [0.4, 0.5) is 17.1 Å². The third kappa shape index (κ3) is 11.7. The highest BCUT2D eigenvalue weighted by Gasteiger charge is 2.35. The van der Waals surface area contributed by atoms with Gasteiger partial charge in [-0.05, 0) is 78.4 Å². The number of nitrogens with one attached hydrogen (secondary N) is 3. The predicted molar refractivity (Wildman–Crippen MR) is 277 cm³/mol. The van der Waals surface area contributed by atoms with Crippen LogP contribution in [-0.2, 0) is 19.1 Å². The van der Waals surface area contributed by atoms with Crippen LogP contribution in [0.15, 0.2) is 95.2 Å². The van der Waals surface area contributed by atoms with Crippen LogP contribution in [0.2, 0.25) is 0 Å². The Morgan fingerprint density at radius 2 is 1.18 bits per heavy atom. The number of rotatable bonds is 21.